The van der Waals surface area contributed by atoms with Crippen LogP contribution in [0.3, 0.4) is 0 Å². The molecule has 1 unspecified atom stereocenters. The zero-order valence-electron chi connectivity index (χ0n) is 11.0. The summed E-state index contributed by atoms with van der Waals surface area (Å²) in [5.74, 6) is -0.526. The van der Waals surface area contributed by atoms with E-state index >= 15 is 0 Å². The highest BCUT2D eigenvalue weighted by molar-refractivity contribution is 7.74. The van der Waals surface area contributed by atoms with Crippen molar-refractivity contribution in [1.29, 1.82) is 0 Å². The Morgan fingerprint density at radius 3 is 2.80 bits per heavy atom. The van der Waals surface area contributed by atoms with Gasteiger partial charge in [-0.2, -0.15) is 9.69 Å². The number of hydroxylamine groups is 1. The fourth-order valence-corrected chi connectivity index (χ4v) is 1.70. The van der Waals surface area contributed by atoms with Crippen molar-refractivity contribution in [3.63, 3.8) is 0 Å². The molecule has 0 aliphatic rings. The summed E-state index contributed by atoms with van der Waals surface area (Å²) in [4.78, 5) is 16.7. The van der Waals surface area contributed by atoms with Crippen molar-refractivity contribution in [2.45, 2.75) is 6.42 Å². The smallest absolute Gasteiger partial charge is 0.357 e. The molecule has 0 bridgehead atoms. The average Bonchev–Trinajstić information content (AvgIpc) is 2.43. The van der Waals surface area contributed by atoms with Gasteiger partial charge in [0.05, 0.1) is 25.3 Å². The van der Waals surface area contributed by atoms with Crippen LogP contribution in [0.25, 0.3) is 0 Å². The molecule has 0 aromatic heterocycles. The van der Waals surface area contributed by atoms with Crippen LogP contribution in [-0.2, 0) is 31.5 Å². The highest BCUT2D eigenvalue weighted by Crippen LogP contribution is 2.11. The Morgan fingerprint density at radius 2 is 2.10 bits per heavy atom. The van der Waals surface area contributed by atoms with Gasteiger partial charge in [0, 0.05) is 7.11 Å². The van der Waals surface area contributed by atoms with Gasteiger partial charge < -0.3 is 9.57 Å². The molecule has 112 valence electrons. The Kier molecular flexibility index (Phi) is 8.00. The normalized spacial score (nSPS) is 12.1. The number of carbonyl (C=O) groups is 1. The average molecular weight is 303 g/mol. The van der Waals surface area contributed by atoms with E-state index < -0.39 is 17.3 Å². The number of benzene rings is 1. The first-order valence-corrected chi connectivity index (χ1v) is 6.93. The van der Waals surface area contributed by atoms with E-state index in [1.807, 2.05) is 0 Å². The molecule has 0 aliphatic carbocycles. The molecule has 0 aliphatic heterocycles. The maximum Gasteiger partial charge on any atom is 0.357 e. The van der Waals surface area contributed by atoms with Crippen LogP contribution in [-0.4, -0.2) is 41.6 Å². The molecule has 8 heteroatoms. The van der Waals surface area contributed by atoms with Gasteiger partial charge in [-0.05, 0) is 18.1 Å². The van der Waals surface area contributed by atoms with Crippen molar-refractivity contribution in [3.8, 4) is 0 Å². The highest BCUT2D eigenvalue weighted by atomic mass is 32.2. The molecule has 1 aromatic carbocycles. The summed E-state index contributed by atoms with van der Waals surface area (Å²) in [6.45, 7) is 0.840. The maximum absolute atomic E-state index is 11.8. The molecule has 0 fully saturated rings. The predicted molar refractivity (Wildman–Crippen MR) is 72.2 cm³/mol. The number of ether oxygens (including phenoxy) is 1. The maximum atomic E-state index is 11.8. The van der Waals surface area contributed by atoms with E-state index in [-0.39, 0.29) is 6.61 Å². The number of carbonyl (C=O) groups excluding carboxylic acids is 1. The van der Waals surface area contributed by atoms with E-state index in [2.05, 4.69) is 9.66 Å². The molecule has 0 heterocycles. The highest BCUT2D eigenvalue weighted by Gasteiger charge is 2.12. The van der Waals surface area contributed by atoms with Crippen LogP contribution in [0.4, 0.5) is 0 Å². The SMILES string of the molecule is COCCNOC(=O)c1ccccc1CCOS(=O)O. The molecule has 0 amide bonds. The van der Waals surface area contributed by atoms with Gasteiger partial charge >= 0.3 is 17.3 Å². The summed E-state index contributed by atoms with van der Waals surface area (Å²) < 4.78 is 28.2. The van der Waals surface area contributed by atoms with Gasteiger partial charge in [-0.25, -0.2) is 4.79 Å². The standard InChI is InChI=1S/C12H17NO6S/c1-17-9-7-13-19-12(14)11-5-3-2-4-10(11)6-8-18-20(15)16/h2-5,13H,6-9H2,1H3,(H,15,16). The summed E-state index contributed by atoms with van der Waals surface area (Å²) in [5.41, 5.74) is 3.55. The summed E-state index contributed by atoms with van der Waals surface area (Å²) in [7, 11) is 1.55. The molecular formula is C12H17NO6S. The van der Waals surface area contributed by atoms with Gasteiger partial charge in [0.25, 0.3) is 0 Å². The minimum absolute atomic E-state index is 0.0322. The Bertz CT molecular complexity index is 453. The van der Waals surface area contributed by atoms with E-state index in [9.17, 15) is 9.00 Å². The molecule has 2 N–H and O–H groups in total. The summed E-state index contributed by atoms with van der Waals surface area (Å²) in [6, 6.07) is 6.82. The Labute approximate surface area is 119 Å². The first-order chi connectivity index (χ1) is 9.65. The Morgan fingerprint density at radius 1 is 1.35 bits per heavy atom. The van der Waals surface area contributed by atoms with E-state index in [4.69, 9.17) is 14.1 Å². The molecule has 0 spiro atoms. The third-order valence-corrected chi connectivity index (χ3v) is 2.73. The zero-order chi connectivity index (χ0) is 14.8. The van der Waals surface area contributed by atoms with E-state index in [1.165, 1.54) is 0 Å². The van der Waals surface area contributed by atoms with Crippen LogP contribution >= 0.6 is 0 Å². The van der Waals surface area contributed by atoms with Crippen LogP contribution in [0, 0.1) is 0 Å². The number of rotatable bonds is 9. The number of hydrogen-bond acceptors (Lipinski definition) is 6. The summed E-state index contributed by atoms with van der Waals surface area (Å²) in [6.07, 6.45) is 0.329. The lowest BCUT2D eigenvalue weighted by Gasteiger charge is -2.09. The summed E-state index contributed by atoms with van der Waals surface area (Å²) >= 11 is -2.31. The summed E-state index contributed by atoms with van der Waals surface area (Å²) in [5, 5.41) is 0. The van der Waals surface area contributed by atoms with Crippen molar-refractivity contribution in [2.24, 2.45) is 0 Å². The quantitative estimate of drug-likeness (QED) is 0.394. The van der Waals surface area contributed by atoms with Crippen molar-refractivity contribution in [3.05, 3.63) is 35.4 Å². The first kappa shape index (κ1) is 16.7. The number of nitrogens with one attached hydrogen (secondary N) is 1. The third-order valence-electron chi connectivity index (χ3n) is 2.37. The van der Waals surface area contributed by atoms with Gasteiger partial charge in [-0.1, -0.05) is 18.2 Å². The fourth-order valence-electron chi connectivity index (χ4n) is 1.48. The van der Waals surface area contributed by atoms with Crippen molar-refractivity contribution in [1.82, 2.24) is 5.48 Å². The fraction of sp³-hybridized carbons (Fsp3) is 0.417. The minimum atomic E-state index is -2.31. The first-order valence-electron chi connectivity index (χ1n) is 5.90. The second-order valence-electron chi connectivity index (χ2n) is 3.72. The van der Waals surface area contributed by atoms with E-state index in [1.54, 1.807) is 31.4 Å². The van der Waals surface area contributed by atoms with E-state index in [0.29, 0.717) is 30.7 Å². The largest absolute Gasteiger partial charge is 0.383 e. The van der Waals surface area contributed by atoms with Crippen LogP contribution < -0.4 is 5.48 Å². The molecule has 1 rings (SSSR count). The molecule has 1 atom stereocenters. The minimum Gasteiger partial charge on any atom is -0.383 e. The monoisotopic (exact) mass is 303 g/mol. The predicted octanol–water partition coefficient (Wildman–Crippen LogP) is 0.690. The molecule has 1 aromatic rings. The van der Waals surface area contributed by atoms with Gasteiger partial charge in [-0.3, -0.25) is 8.74 Å². The zero-order valence-corrected chi connectivity index (χ0v) is 11.9. The Hall–Kier alpha value is -1.32. The molecule has 0 radical (unpaired) electrons. The number of methoxy groups -OCH3 is 1. The van der Waals surface area contributed by atoms with Gasteiger partial charge in [-0.15, -0.1) is 0 Å². The van der Waals surface area contributed by atoms with Crippen LogP contribution in [0.1, 0.15) is 15.9 Å². The number of hydrogen-bond donors (Lipinski definition) is 2. The van der Waals surface area contributed by atoms with Crippen molar-refractivity contribution >= 4 is 17.3 Å². The van der Waals surface area contributed by atoms with Crippen LogP contribution in [0.5, 0.6) is 0 Å². The molecular weight excluding hydrogens is 286 g/mol. The second-order valence-corrected chi connectivity index (χ2v) is 4.39. The molecule has 20 heavy (non-hydrogen) atoms. The lowest BCUT2D eigenvalue weighted by atomic mass is 10.1. The Balaban J connectivity index is 2.55. The van der Waals surface area contributed by atoms with Crippen molar-refractivity contribution < 1.29 is 27.3 Å². The van der Waals surface area contributed by atoms with Gasteiger partial charge in [0.2, 0.25) is 0 Å². The lowest BCUT2D eigenvalue weighted by molar-refractivity contribution is 0.0202. The van der Waals surface area contributed by atoms with Crippen LogP contribution in [0.2, 0.25) is 0 Å². The second kappa shape index (κ2) is 9.56. The molecule has 0 saturated heterocycles. The lowest BCUT2D eigenvalue weighted by Crippen LogP contribution is -2.24. The van der Waals surface area contributed by atoms with E-state index in [0.717, 1.165) is 0 Å². The van der Waals surface area contributed by atoms with Crippen molar-refractivity contribution in [2.75, 3.05) is 26.9 Å². The van der Waals surface area contributed by atoms with Gasteiger partial charge in [0.1, 0.15) is 0 Å². The molecule has 7 nitrogen and oxygen atoms in total. The molecule has 0 saturated carbocycles. The van der Waals surface area contributed by atoms with Gasteiger partial charge in [0.15, 0.2) is 0 Å². The topological polar surface area (TPSA) is 94.1 Å². The third kappa shape index (κ3) is 6.22. The van der Waals surface area contributed by atoms with Crippen LogP contribution in [0.15, 0.2) is 24.3 Å².